The number of nitrogens with zero attached hydrogens (tertiary/aromatic N) is 1. The maximum Gasteiger partial charge on any atom is 0.261 e. The zero-order valence-electron chi connectivity index (χ0n) is 19.7. The Kier molecular flexibility index (Phi) is 10.5. The lowest BCUT2D eigenvalue weighted by Crippen LogP contribution is -2.51. The lowest BCUT2D eigenvalue weighted by molar-refractivity contribution is -0.143. The molecule has 180 valence electrons. The number of ether oxygens (including phenoxy) is 1. The van der Waals surface area contributed by atoms with Crippen molar-refractivity contribution in [3.63, 3.8) is 0 Å². The van der Waals surface area contributed by atoms with E-state index < -0.39 is 6.04 Å². The van der Waals surface area contributed by atoms with Gasteiger partial charge in [0.2, 0.25) is 5.91 Å². The van der Waals surface area contributed by atoms with Gasteiger partial charge in [-0.05, 0) is 74.6 Å². The molecule has 0 spiro atoms. The molecule has 2 aromatic rings. The fraction of sp³-hybridized carbons (Fsp3) is 0.440. The highest BCUT2D eigenvalue weighted by Crippen LogP contribution is 2.27. The maximum atomic E-state index is 13.3. The van der Waals surface area contributed by atoms with Crippen LogP contribution in [0.3, 0.4) is 0 Å². The summed E-state index contributed by atoms with van der Waals surface area (Å²) >= 11 is 15.9. The molecule has 1 N–H and O–H groups in total. The molecule has 0 radical (unpaired) electrons. The summed E-state index contributed by atoms with van der Waals surface area (Å²) in [5, 5.41) is 3.94. The summed E-state index contributed by atoms with van der Waals surface area (Å²) in [6.45, 7) is 9.72. The molecule has 0 heterocycles. The number of amides is 2. The molecule has 0 aliphatic carbocycles. The minimum absolute atomic E-state index is 0.00703. The topological polar surface area (TPSA) is 58.6 Å². The number of carbonyl (C=O) groups is 2. The summed E-state index contributed by atoms with van der Waals surface area (Å²) in [6.07, 6.45) is 1.25. The van der Waals surface area contributed by atoms with Gasteiger partial charge in [0.05, 0.1) is 0 Å². The highest BCUT2D eigenvalue weighted by molar-refractivity contribution is 9.10. The first-order chi connectivity index (χ1) is 15.6. The number of aryl methyl sites for hydroxylation is 2. The Morgan fingerprint density at radius 2 is 1.73 bits per heavy atom. The van der Waals surface area contributed by atoms with E-state index in [2.05, 4.69) is 21.2 Å². The van der Waals surface area contributed by atoms with Crippen LogP contribution in [0.2, 0.25) is 10.0 Å². The average Bonchev–Trinajstić information content (AvgIpc) is 2.76. The van der Waals surface area contributed by atoms with E-state index in [0.717, 1.165) is 22.0 Å². The van der Waals surface area contributed by atoms with Crippen LogP contribution in [0.1, 0.15) is 50.3 Å². The summed E-state index contributed by atoms with van der Waals surface area (Å²) in [5.41, 5.74) is 2.74. The molecule has 0 saturated carbocycles. The van der Waals surface area contributed by atoms with Crippen LogP contribution in [0.4, 0.5) is 0 Å². The summed E-state index contributed by atoms with van der Waals surface area (Å²) in [7, 11) is 0. The minimum atomic E-state index is -0.657. The average molecular weight is 558 g/mol. The van der Waals surface area contributed by atoms with Crippen molar-refractivity contribution in [1.82, 2.24) is 10.2 Å². The molecule has 5 nitrogen and oxygen atoms in total. The van der Waals surface area contributed by atoms with E-state index in [-0.39, 0.29) is 31.0 Å². The molecule has 0 aliphatic rings. The summed E-state index contributed by atoms with van der Waals surface area (Å²) in [6, 6.07) is 8.21. The van der Waals surface area contributed by atoms with Gasteiger partial charge < -0.3 is 15.0 Å². The third-order valence-electron chi connectivity index (χ3n) is 5.52. The third-order valence-corrected chi connectivity index (χ3v) is 7.35. The number of rotatable bonds is 10. The second-order valence-corrected chi connectivity index (χ2v) is 9.80. The van der Waals surface area contributed by atoms with Crippen LogP contribution in [0.5, 0.6) is 5.75 Å². The number of benzene rings is 2. The molecule has 33 heavy (non-hydrogen) atoms. The van der Waals surface area contributed by atoms with Crippen LogP contribution in [0.25, 0.3) is 0 Å². The van der Waals surface area contributed by atoms with Gasteiger partial charge in [-0.15, -0.1) is 0 Å². The van der Waals surface area contributed by atoms with Crippen molar-refractivity contribution in [2.75, 3.05) is 6.61 Å². The normalized spacial score (nSPS) is 12.7. The smallest absolute Gasteiger partial charge is 0.261 e. The SMILES string of the molecule is CC[C@H](C(=O)N[C@@H](C)CC)N(Cc1ccc(Cl)cc1Cl)C(=O)COc1cc(C)c(Br)c(C)c1. The Morgan fingerprint density at radius 3 is 2.27 bits per heavy atom. The first kappa shape index (κ1) is 27.5. The molecule has 2 rings (SSSR count). The molecule has 2 atom stereocenters. The Bertz CT molecular complexity index is 977. The summed E-state index contributed by atoms with van der Waals surface area (Å²) in [4.78, 5) is 27.9. The molecular formula is C25H31BrCl2N2O3. The molecule has 8 heteroatoms. The van der Waals surface area contributed by atoms with Crippen molar-refractivity contribution in [1.29, 1.82) is 0 Å². The number of carbonyl (C=O) groups excluding carboxylic acids is 2. The predicted octanol–water partition coefficient (Wildman–Crippen LogP) is 6.47. The lowest BCUT2D eigenvalue weighted by atomic mass is 10.1. The van der Waals surface area contributed by atoms with Crippen molar-refractivity contribution in [2.24, 2.45) is 0 Å². The van der Waals surface area contributed by atoms with Gasteiger partial charge >= 0.3 is 0 Å². The van der Waals surface area contributed by atoms with Crippen molar-refractivity contribution in [3.05, 3.63) is 61.5 Å². The molecule has 0 unspecified atom stereocenters. The van der Waals surface area contributed by atoms with Crippen LogP contribution in [-0.4, -0.2) is 35.4 Å². The Morgan fingerprint density at radius 1 is 1.09 bits per heavy atom. The van der Waals surface area contributed by atoms with Crippen molar-refractivity contribution < 1.29 is 14.3 Å². The van der Waals surface area contributed by atoms with Gasteiger partial charge in [-0.3, -0.25) is 9.59 Å². The lowest BCUT2D eigenvalue weighted by Gasteiger charge is -2.31. The van der Waals surface area contributed by atoms with Gasteiger partial charge in [0.1, 0.15) is 11.8 Å². The van der Waals surface area contributed by atoms with E-state index >= 15 is 0 Å². The predicted molar refractivity (Wildman–Crippen MR) is 138 cm³/mol. The van der Waals surface area contributed by atoms with E-state index in [4.69, 9.17) is 27.9 Å². The molecule has 2 amide bonds. The van der Waals surface area contributed by atoms with E-state index in [1.807, 2.05) is 46.8 Å². The molecule has 0 fully saturated rings. The van der Waals surface area contributed by atoms with Crippen LogP contribution in [-0.2, 0) is 16.1 Å². The monoisotopic (exact) mass is 556 g/mol. The maximum absolute atomic E-state index is 13.3. The van der Waals surface area contributed by atoms with Gasteiger partial charge in [-0.1, -0.05) is 59.0 Å². The van der Waals surface area contributed by atoms with E-state index in [9.17, 15) is 9.59 Å². The van der Waals surface area contributed by atoms with Gasteiger partial charge in [-0.2, -0.15) is 0 Å². The highest BCUT2D eigenvalue weighted by atomic mass is 79.9. The Balaban J connectivity index is 2.29. The highest BCUT2D eigenvalue weighted by Gasteiger charge is 2.30. The first-order valence-corrected chi connectivity index (χ1v) is 12.6. The largest absolute Gasteiger partial charge is 0.484 e. The number of hydrogen-bond acceptors (Lipinski definition) is 3. The minimum Gasteiger partial charge on any atom is -0.484 e. The van der Waals surface area contributed by atoms with Crippen LogP contribution in [0.15, 0.2) is 34.8 Å². The molecular weight excluding hydrogens is 527 g/mol. The quantitative estimate of drug-likeness (QED) is 0.364. The van der Waals surface area contributed by atoms with E-state index in [1.165, 1.54) is 4.90 Å². The summed E-state index contributed by atoms with van der Waals surface area (Å²) < 4.78 is 6.84. The van der Waals surface area contributed by atoms with E-state index in [1.54, 1.807) is 18.2 Å². The van der Waals surface area contributed by atoms with E-state index in [0.29, 0.717) is 27.8 Å². The standard InChI is InChI=1S/C25H31BrCl2N2O3/c1-6-17(5)29-25(32)22(7-2)30(13-18-8-9-19(27)12-21(18)28)23(31)14-33-20-10-15(3)24(26)16(4)11-20/h8-12,17,22H,6-7,13-14H2,1-5H3,(H,29,32)/t17-,22+/m0/s1. The fourth-order valence-corrected chi connectivity index (χ4v) is 4.11. The zero-order valence-corrected chi connectivity index (χ0v) is 22.8. The number of halogens is 3. The Hall–Kier alpha value is -1.76. The molecule has 0 bridgehead atoms. The van der Waals surface area contributed by atoms with Crippen molar-refractivity contribution in [3.8, 4) is 5.75 Å². The fourth-order valence-electron chi connectivity index (χ4n) is 3.41. The van der Waals surface area contributed by atoms with Gasteiger partial charge in [-0.25, -0.2) is 0 Å². The first-order valence-electron chi connectivity index (χ1n) is 11.0. The second kappa shape index (κ2) is 12.6. The van der Waals surface area contributed by atoms with Gasteiger partial charge in [0.15, 0.2) is 6.61 Å². The number of nitrogens with one attached hydrogen (secondary N) is 1. The Labute approximate surface area is 214 Å². The van der Waals surface area contributed by atoms with Crippen LogP contribution in [0, 0.1) is 13.8 Å². The van der Waals surface area contributed by atoms with Crippen LogP contribution >= 0.6 is 39.1 Å². The third kappa shape index (κ3) is 7.62. The molecule has 0 saturated heterocycles. The zero-order chi connectivity index (χ0) is 24.7. The summed E-state index contributed by atoms with van der Waals surface area (Å²) in [5.74, 6) is 0.106. The van der Waals surface area contributed by atoms with Gasteiger partial charge in [0.25, 0.3) is 5.91 Å². The molecule has 2 aromatic carbocycles. The van der Waals surface area contributed by atoms with Crippen molar-refractivity contribution in [2.45, 2.75) is 66.1 Å². The molecule has 0 aromatic heterocycles. The number of hydrogen-bond donors (Lipinski definition) is 1. The molecule has 0 aliphatic heterocycles. The van der Waals surface area contributed by atoms with Gasteiger partial charge in [0, 0.05) is 27.1 Å². The van der Waals surface area contributed by atoms with Crippen LogP contribution < -0.4 is 10.1 Å². The second-order valence-electron chi connectivity index (χ2n) is 8.16. The van der Waals surface area contributed by atoms with Crippen molar-refractivity contribution >= 4 is 50.9 Å².